The van der Waals surface area contributed by atoms with Crippen LogP contribution in [-0.2, 0) is 12.0 Å². The molecule has 17 heavy (non-hydrogen) atoms. The Hall–Kier alpha value is -0.900. The minimum atomic E-state index is 0.0499. The largest absolute Gasteiger partial charge is 0.326 e. The van der Waals surface area contributed by atoms with E-state index in [1.165, 1.54) is 0 Å². The number of hydrogen-bond donors (Lipinski definition) is 1. The Morgan fingerprint density at radius 3 is 2.35 bits per heavy atom. The Labute approximate surface area is 105 Å². The van der Waals surface area contributed by atoms with Crippen molar-refractivity contribution in [3.05, 3.63) is 11.9 Å². The van der Waals surface area contributed by atoms with E-state index in [4.69, 9.17) is 5.73 Å². The van der Waals surface area contributed by atoms with Crippen molar-refractivity contribution in [1.29, 1.82) is 0 Å². The van der Waals surface area contributed by atoms with Crippen LogP contribution in [0, 0.1) is 5.41 Å². The van der Waals surface area contributed by atoms with Crippen molar-refractivity contribution in [3.8, 4) is 0 Å². The number of nitrogens with zero attached hydrogens (tertiary/aromatic N) is 3. The summed E-state index contributed by atoms with van der Waals surface area (Å²) in [5.74, 6) is 0. The molecule has 0 aliphatic carbocycles. The first-order valence-electron chi connectivity index (χ1n) is 6.26. The molecule has 1 aromatic rings. The van der Waals surface area contributed by atoms with Crippen LogP contribution in [0.15, 0.2) is 6.20 Å². The third-order valence-electron chi connectivity index (χ3n) is 2.68. The van der Waals surface area contributed by atoms with E-state index in [9.17, 15) is 0 Å². The normalized spacial score (nSPS) is 15.0. The quantitative estimate of drug-likeness (QED) is 0.876. The van der Waals surface area contributed by atoms with Crippen LogP contribution in [0.4, 0.5) is 0 Å². The van der Waals surface area contributed by atoms with E-state index >= 15 is 0 Å². The highest BCUT2D eigenvalue weighted by Gasteiger charge is 2.29. The van der Waals surface area contributed by atoms with Gasteiger partial charge < -0.3 is 5.73 Å². The van der Waals surface area contributed by atoms with Crippen molar-refractivity contribution in [2.75, 3.05) is 0 Å². The van der Waals surface area contributed by atoms with E-state index in [0.29, 0.717) is 0 Å². The van der Waals surface area contributed by atoms with E-state index < -0.39 is 0 Å². The van der Waals surface area contributed by atoms with Gasteiger partial charge in [-0.25, -0.2) is 0 Å². The van der Waals surface area contributed by atoms with Crippen LogP contribution in [0.25, 0.3) is 0 Å². The average molecular weight is 238 g/mol. The molecule has 0 aromatic carbocycles. The topological polar surface area (TPSA) is 56.7 Å². The Balaban J connectivity index is 2.81. The molecule has 0 saturated heterocycles. The van der Waals surface area contributed by atoms with Gasteiger partial charge in [0.25, 0.3) is 0 Å². The summed E-state index contributed by atoms with van der Waals surface area (Å²) in [5.41, 5.74) is 7.14. The van der Waals surface area contributed by atoms with Crippen LogP contribution in [0.1, 0.15) is 53.7 Å². The second kappa shape index (κ2) is 4.77. The van der Waals surface area contributed by atoms with Gasteiger partial charge in [0.1, 0.15) is 0 Å². The lowest BCUT2D eigenvalue weighted by Gasteiger charge is -2.30. The minimum Gasteiger partial charge on any atom is -0.326 e. The van der Waals surface area contributed by atoms with Crippen LogP contribution >= 0.6 is 0 Å². The Bertz CT molecular complexity index is 358. The zero-order valence-corrected chi connectivity index (χ0v) is 12.0. The summed E-state index contributed by atoms with van der Waals surface area (Å²) in [6.45, 7) is 13.9. The predicted octanol–water partition coefficient (Wildman–Crippen LogP) is 2.34. The summed E-state index contributed by atoms with van der Waals surface area (Å²) < 4.78 is 1.84. The van der Waals surface area contributed by atoms with Crippen molar-refractivity contribution < 1.29 is 0 Å². The summed E-state index contributed by atoms with van der Waals surface area (Å²) in [5, 5.41) is 8.42. The Morgan fingerprint density at radius 2 is 1.88 bits per heavy atom. The van der Waals surface area contributed by atoms with E-state index in [2.05, 4.69) is 44.9 Å². The number of nitrogens with two attached hydrogens (primary N) is 1. The molecule has 0 saturated carbocycles. The molecule has 0 radical (unpaired) electrons. The fourth-order valence-corrected chi connectivity index (χ4v) is 2.41. The fraction of sp³-hybridized carbons (Fsp3) is 0.846. The van der Waals surface area contributed by atoms with Crippen LogP contribution < -0.4 is 5.73 Å². The number of rotatable bonds is 4. The molecule has 1 heterocycles. The lowest BCUT2D eigenvalue weighted by Crippen LogP contribution is -2.25. The Kier molecular flexibility index (Phi) is 3.97. The second-order valence-electron chi connectivity index (χ2n) is 6.92. The van der Waals surface area contributed by atoms with Gasteiger partial charge >= 0.3 is 0 Å². The number of hydrogen-bond acceptors (Lipinski definition) is 3. The molecule has 1 rings (SSSR count). The zero-order chi connectivity index (χ0) is 13.3. The maximum atomic E-state index is 5.76. The molecule has 1 aromatic heterocycles. The first kappa shape index (κ1) is 14.2. The van der Waals surface area contributed by atoms with Gasteiger partial charge in [-0.15, -0.1) is 5.10 Å². The predicted molar refractivity (Wildman–Crippen MR) is 70.8 cm³/mol. The third kappa shape index (κ3) is 4.46. The summed E-state index contributed by atoms with van der Waals surface area (Å²) in [6, 6.07) is 0.107. The van der Waals surface area contributed by atoms with Gasteiger partial charge in [-0.2, -0.15) is 0 Å². The lowest BCUT2D eigenvalue weighted by atomic mass is 9.75. The fourth-order valence-electron chi connectivity index (χ4n) is 2.41. The maximum absolute atomic E-state index is 5.76. The van der Waals surface area contributed by atoms with Gasteiger partial charge in [0.2, 0.25) is 0 Å². The molecule has 0 fully saturated rings. The summed E-state index contributed by atoms with van der Waals surface area (Å²) in [7, 11) is 0. The van der Waals surface area contributed by atoms with Crippen LogP contribution in [0.3, 0.4) is 0 Å². The second-order valence-corrected chi connectivity index (χ2v) is 6.92. The number of aromatic nitrogens is 3. The van der Waals surface area contributed by atoms with Crippen LogP contribution in [0.5, 0.6) is 0 Å². The van der Waals surface area contributed by atoms with Gasteiger partial charge in [0.05, 0.1) is 12.2 Å². The molecule has 4 heteroatoms. The zero-order valence-electron chi connectivity index (χ0n) is 12.0. The molecule has 0 spiro atoms. The van der Waals surface area contributed by atoms with Crippen LogP contribution in [-0.4, -0.2) is 21.0 Å². The molecule has 0 aliphatic heterocycles. The monoisotopic (exact) mass is 238 g/mol. The Morgan fingerprint density at radius 1 is 1.29 bits per heavy atom. The molecular formula is C13H26N4. The van der Waals surface area contributed by atoms with Gasteiger partial charge in [0.15, 0.2) is 0 Å². The minimum absolute atomic E-state index is 0.0499. The molecule has 4 nitrogen and oxygen atoms in total. The van der Waals surface area contributed by atoms with Gasteiger partial charge in [-0.1, -0.05) is 39.8 Å². The summed E-state index contributed by atoms with van der Waals surface area (Å²) in [6.07, 6.45) is 3.10. The van der Waals surface area contributed by atoms with E-state index in [0.717, 1.165) is 18.7 Å². The molecule has 1 atom stereocenters. The van der Waals surface area contributed by atoms with E-state index in [1.807, 2.05) is 17.8 Å². The van der Waals surface area contributed by atoms with Crippen molar-refractivity contribution >= 4 is 0 Å². The molecule has 1 unspecified atom stereocenters. The molecule has 0 aliphatic rings. The molecule has 98 valence electrons. The van der Waals surface area contributed by atoms with Crippen molar-refractivity contribution in [3.63, 3.8) is 0 Å². The van der Waals surface area contributed by atoms with Gasteiger partial charge in [0, 0.05) is 17.7 Å². The highest BCUT2D eigenvalue weighted by atomic mass is 15.4. The smallest absolute Gasteiger partial charge is 0.0883 e. The van der Waals surface area contributed by atoms with Crippen molar-refractivity contribution in [2.45, 2.75) is 66.0 Å². The molecule has 0 bridgehead atoms. The first-order valence-corrected chi connectivity index (χ1v) is 6.26. The highest BCUT2D eigenvalue weighted by molar-refractivity contribution is 5.09. The molecule has 0 amide bonds. The SMILES string of the molecule is CC(N)Cn1cc(C(C)(C)CC(C)(C)C)nn1. The maximum Gasteiger partial charge on any atom is 0.0883 e. The van der Waals surface area contributed by atoms with Crippen molar-refractivity contribution in [2.24, 2.45) is 11.1 Å². The van der Waals surface area contributed by atoms with Crippen LogP contribution in [0.2, 0.25) is 0 Å². The molecule has 2 N–H and O–H groups in total. The first-order chi connectivity index (χ1) is 7.60. The van der Waals surface area contributed by atoms with E-state index in [-0.39, 0.29) is 16.9 Å². The molecular weight excluding hydrogens is 212 g/mol. The average Bonchev–Trinajstić information content (AvgIpc) is 2.46. The third-order valence-corrected chi connectivity index (χ3v) is 2.68. The van der Waals surface area contributed by atoms with Gasteiger partial charge in [-0.3, -0.25) is 4.68 Å². The van der Waals surface area contributed by atoms with Gasteiger partial charge in [-0.05, 0) is 18.8 Å². The highest BCUT2D eigenvalue weighted by Crippen LogP contribution is 2.34. The lowest BCUT2D eigenvalue weighted by molar-refractivity contribution is 0.279. The summed E-state index contributed by atoms with van der Waals surface area (Å²) >= 11 is 0. The standard InChI is InChI=1S/C13H26N4/c1-10(14)7-17-8-11(15-16-17)13(5,6)9-12(2,3)4/h8,10H,7,9,14H2,1-6H3. The van der Waals surface area contributed by atoms with E-state index in [1.54, 1.807) is 0 Å². The summed E-state index contributed by atoms with van der Waals surface area (Å²) in [4.78, 5) is 0. The van der Waals surface area contributed by atoms with Crippen molar-refractivity contribution in [1.82, 2.24) is 15.0 Å².